The highest BCUT2D eigenvalue weighted by atomic mass is 35.5. The highest BCUT2D eigenvalue weighted by Gasteiger charge is 2.38. The van der Waals surface area contributed by atoms with E-state index in [0.29, 0.717) is 15.6 Å². The van der Waals surface area contributed by atoms with Crippen molar-refractivity contribution >= 4 is 46.7 Å². The molecular weight excluding hydrogens is 391 g/mol. The lowest BCUT2D eigenvalue weighted by molar-refractivity contribution is -0.152. The number of hydrogen-bond acceptors (Lipinski definition) is 4. The first-order chi connectivity index (χ1) is 12.9. The molecule has 2 aromatic rings. The van der Waals surface area contributed by atoms with Crippen LogP contribution < -0.4 is 0 Å². The van der Waals surface area contributed by atoms with Gasteiger partial charge >= 0.3 is 0 Å². The molecule has 1 fully saturated rings. The number of hydrogen-bond donors (Lipinski definition) is 0. The van der Waals surface area contributed by atoms with Crippen LogP contribution in [0.3, 0.4) is 0 Å². The summed E-state index contributed by atoms with van der Waals surface area (Å²) in [5.74, 6) is -2.11. The van der Waals surface area contributed by atoms with Gasteiger partial charge in [0, 0.05) is 34.0 Å². The van der Waals surface area contributed by atoms with Crippen LogP contribution >= 0.6 is 23.2 Å². The van der Waals surface area contributed by atoms with Crippen LogP contribution in [0, 0.1) is 0 Å². The molecule has 8 heteroatoms. The predicted molar refractivity (Wildman–Crippen MR) is 99.4 cm³/mol. The van der Waals surface area contributed by atoms with Crippen molar-refractivity contribution in [3.05, 3.63) is 69.7 Å². The topological polar surface area (TPSA) is 74.8 Å². The number of ketones is 1. The zero-order chi connectivity index (χ0) is 19.6. The number of hydrazine groups is 1. The van der Waals surface area contributed by atoms with Gasteiger partial charge in [0.15, 0.2) is 5.78 Å². The van der Waals surface area contributed by atoms with E-state index in [2.05, 4.69) is 0 Å². The second-order valence-electron chi connectivity index (χ2n) is 5.90. The highest BCUT2D eigenvalue weighted by Crippen LogP contribution is 2.20. The number of benzene rings is 2. The predicted octanol–water partition coefficient (Wildman–Crippen LogP) is 3.38. The van der Waals surface area contributed by atoms with Crippen molar-refractivity contribution in [1.82, 2.24) is 10.0 Å². The first-order valence-corrected chi connectivity index (χ1v) is 8.84. The molecule has 0 radical (unpaired) electrons. The first-order valence-electron chi connectivity index (χ1n) is 8.08. The van der Waals surface area contributed by atoms with Gasteiger partial charge < -0.3 is 0 Å². The number of carbonyl (C=O) groups excluding carboxylic acids is 4. The van der Waals surface area contributed by atoms with Gasteiger partial charge in [-0.15, -0.1) is 0 Å². The number of rotatable bonds is 5. The van der Waals surface area contributed by atoms with Gasteiger partial charge in [-0.1, -0.05) is 23.2 Å². The lowest BCUT2D eigenvalue weighted by Crippen LogP contribution is -2.51. The van der Waals surface area contributed by atoms with Crippen molar-refractivity contribution in [3.63, 3.8) is 0 Å². The van der Waals surface area contributed by atoms with Crippen molar-refractivity contribution in [1.29, 1.82) is 0 Å². The van der Waals surface area contributed by atoms with Crippen molar-refractivity contribution in [3.8, 4) is 0 Å². The van der Waals surface area contributed by atoms with Crippen LogP contribution in [0.25, 0.3) is 0 Å². The molecule has 3 rings (SSSR count). The van der Waals surface area contributed by atoms with E-state index in [-0.39, 0.29) is 18.4 Å². The SMILES string of the molecule is O=C(CN(C(=O)c1ccc(Cl)cc1)N1C(=O)CCC1=O)c1ccc(Cl)cc1. The quantitative estimate of drug-likeness (QED) is 0.565. The number of amides is 3. The Morgan fingerprint density at radius 1 is 0.815 bits per heavy atom. The van der Waals surface area contributed by atoms with Crippen molar-refractivity contribution in [2.24, 2.45) is 0 Å². The maximum absolute atomic E-state index is 12.9. The van der Waals surface area contributed by atoms with Gasteiger partial charge in [-0.25, -0.2) is 5.01 Å². The molecule has 0 aliphatic carbocycles. The number of halogens is 2. The molecule has 0 atom stereocenters. The molecule has 138 valence electrons. The van der Waals surface area contributed by atoms with E-state index in [9.17, 15) is 19.2 Å². The Morgan fingerprint density at radius 3 is 1.74 bits per heavy atom. The van der Waals surface area contributed by atoms with Gasteiger partial charge in [0.05, 0.1) is 0 Å². The normalized spacial score (nSPS) is 13.8. The van der Waals surface area contributed by atoms with Crippen LogP contribution in [-0.2, 0) is 9.59 Å². The minimum Gasteiger partial charge on any atom is -0.292 e. The number of carbonyl (C=O) groups is 4. The lowest BCUT2D eigenvalue weighted by atomic mass is 10.1. The van der Waals surface area contributed by atoms with E-state index in [1.807, 2.05) is 0 Å². The molecule has 3 amide bonds. The number of imide groups is 1. The first kappa shape index (κ1) is 19.1. The molecule has 6 nitrogen and oxygen atoms in total. The molecule has 1 aliphatic heterocycles. The van der Waals surface area contributed by atoms with E-state index >= 15 is 0 Å². The summed E-state index contributed by atoms with van der Waals surface area (Å²) in [4.78, 5) is 49.8. The molecule has 1 heterocycles. The summed E-state index contributed by atoms with van der Waals surface area (Å²) < 4.78 is 0. The standard InChI is InChI=1S/C19H14Cl2N2O4/c20-14-5-1-12(2-6-14)16(24)11-22(23-17(25)9-10-18(23)26)19(27)13-3-7-15(21)8-4-13/h1-8H,9-11H2. The summed E-state index contributed by atoms with van der Waals surface area (Å²) in [5, 5.41) is 2.54. The average Bonchev–Trinajstić information content (AvgIpc) is 2.98. The van der Waals surface area contributed by atoms with Gasteiger partial charge in [-0.2, -0.15) is 5.01 Å². The Morgan fingerprint density at radius 2 is 1.26 bits per heavy atom. The van der Waals surface area contributed by atoms with Gasteiger partial charge in [0.2, 0.25) is 11.8 Å². The Balaban J connectivity index is 1.92. The van der Waals surface area contributed by atoms with Crippen molar-refractivity contribution in [2.45, 2.75) is 12.8 Å². The Hall–Kier alpha value is -2.70. The Bertz CT molecular complexity index is 894. The molecule has 0 unspecified atom stereocenters. The Kier molecular flexibility index (Phi) is 5.58. The molecule has 0 saturated carbocycles. The fourth-order valence-corrected chi connectivity index (χ4v) is 2.92. The van der Waals surface area contributed by atoms with E-state index in [1.54, 1.807) is 12.1 Å². The molecule has 2 aromatic carbocycles. The third-order valence-electron chi connectivity index (χ3n) is 4.05. The second-order valence-corrected chi connectivity index (χ2v) is 6.77. The summed E-state index contributed by atoms with van der Waals surface area (Å²) in [6, 6.07) is 12.1. The molecular formula is C19H14Cl2N2O4. The third kappa shape index (κ3) is 4.18. The molecule has 1 aliphatic rings. The van der Waals surface area contributed by atoms with E-state index < -0.39 is 30.0 Å². The fourth-order valence-electron chi connectivity index (χ4n) is 2.67. The summed E-state index contributed by atoms with van der Waals surface area (Å²) in [6.45, 7) is -0.458. The molecule has 0 spiro atoms. The minimum absolute atomic E-state index is 0.00162. The maximum Gasteiger partial charge on any atom is 0.273 e. The highest BCUT2D eigenvalue weighted by molar-refractivity contribution is 6.31. The minimum atomic E-state index is -0.641. The number of nitrogens with zero attached hydrogens (tertiary/aromatic N) is 2. The van der Waals surface area contributed by atoms with Gasteiger partial charge in [0.1, 0.15) is 6.54 Å². The average molecular weight is 405 g/mol. The summed E-state index contributed by atoms with van der Waals surface area (Å²) >= 11 is 11.7. The van der Waals surface area contributed by atoms with Crippen LogP contribution in [0.4, 0.5) is 0 Å². The summed E-state index contributed by atoms with van der Waals surface area (Å²) in [7, 11) is 0. The lowest BCUT2D eigenvalue weighted by Gasteiger charge is -2.29. The van der Waals surface area contributed by atoms with E-state index in [1.165, 1.54) is 36.4 Å². The van der Waals surface area contributed by atoms with Crippen LogP contribution in [0.2, 0.25) is 10.0 Å². The zero-order valence-electron chi connectivity index (χ0n) is 14.0. The fraction of sp³-hybridized carbons (Fsp3) is 0.158. The van der Waals surface area contributed by atoms with Crippen molar-refractivity contribution in [2.75, 3.05) is 6.54 Å². The van der Waals surface area contributed by atoms with Gasteiger partial charge in [-0.3, -0.25) is 19.2 Å². The van der Waals surface area contributed by atoms with Crippen LogP contribution in [0.15, 0.2) is 48.5 Å². The van der Waals surface area contributed by atoms with Crippen LogP contribution in [0.5, 0.6) is 0 Å². The molecule has 0 aromatic heterocycles. The molecule has 0 bridgehead atoms. The largest absolute Gasteiger partial charge is 0.292 e. The monoisotopic (exact) mass is 404 g/mol. The number of Topliss-reactive ketones (excluding diaryl/α,β-unsaturated/α-hetero) is 1. The van der Waals surface area contributed by atoms with Gasteiger partial charge in [0.25, 0.3) is 5.91 Å². The third-order valence-corrected chi connectivity index (χ3v) is 4.56. The summed E-state index contributed by atoms with van der Waals surface area (Å²) in [6.07, 6.45) is -0.00324. The second kappa shape index (κ2) is 7.90. The van der Waals surface area contributed by atoms with Crippen LogP contribution in [0.1, 0.15) is 33.6 Å². The zero-order valence-corrected chi connectivity index (χ0v) is 15.5. The molecule has 27 heavy (non-hydrogen) atoms. The maximum atomic E-state index is 12.9. The van der Waals surface area contributed by atoms with E-state index in [4.69, 9.17) is 23.2 Å². The molecule has 1 saturated heterocycles. The van der Waals surface area contributed by atoms with Crippen molar-refractivity contribution < 1.29 is 19.2 Å². The van der Waals surface area contributed by atoms with E-state index in [0.717, 1.165) is 10.0 Å². The van der Waals surface area contributed by atoms with Crippen LogP contribution in [-0.4, -0.2) is 40.1 Å². The van der Waals surface area contributed by atoms with Gasteiger partial charge in [-0.05, 0) is 48.5 Å². The smallest absolute Gasteiger partial charge is 0.273 e. The Labute approximate surface area is 165 Å². The summed E-state index contributed by atoms with van der Waals surface area (Å²) in [5.41, 5.74) is 0.517. The molecule has 0 N–H and O–H groups in total.